The highest BCUT2D eigenvalue weighted by atomic mass is 16.5. The molecule has 1 amide bonds. The van der Waals surface area contributed by atoms with E-state index < -0.39 is 0 Å². The first-order chi connectivity index (χ1) is 9.29. The molecule has 1 aliphatic heterocycles. The maximum Gasteiger partial charge on any atom is 0.222 e. The SMILES string of the molecule is O=C1CCCN1CCOc1ccc(N=CNO)cc1. The Bertz CT molecular complexity index is 445. The van der Waals surface area contributed by atoms with Crippen molar-refractivity contribution >= 4 is 17.9 Å². The first kappa shape index (κ1) is 13.4. The number of aliphatic imine (C=N–C) groups is 1. The van der Waals surface area contributed by atoms with E-state index in [1.54, 1.807) is 24.3 Å². The van der Waals surface area contributed by atoms with Gasteiger partial charge in [0.25, 0.3) is 0 Å². The summed E-state index contributed by atoms with van der Waals surface area (Å²) >= 11 is 0. The molecular formula is C13H17N3O3. The number of carbonyl (C=O) groups excluding carboxylic acids is 1. The van der Waals surface area contributed by atoms with Crippen LogP contribution >= 0.6 is 0 Å². The zero-order valence-electron chi connectivity index (χ0n) is 10.6. The van der Waals surface area contributed by atoms with Gasteiger partial charge in [-0.05, 0) is 30.7 Å². The molecule has 0 unspecified atom stereocenters. The lowest BCUT2D eigenvalue weighted by Gasteiger charge is -2.15. The number of hydroxylamine groups is 1. The predicted molar refractivity (Wildman–Crippen MR) is 70.8 cm³/mol. The van der Waals surface area contributed by atoms with Gasteiger partial charge in [-0.3, -0.25) is 15.5 Å². The third kappa shape index (κ3) is 3.96. The van der Waals surface area contributed by atoms with Gasteiger partial charge in [-0.2, -0.15) is 0 Å². The molecule has 2 rings (SSSR count). The highest BCUT2D eigenvalue weighted by Gasteiger charge is 2.19. The topological polar surface area (TPSA) is 74.2 Å². The molecule has 0 bridgehead atoms. The van der Waals surface area contributed by atoms with Crippen LogP contribution in [0, 0.1) is 0 Å². The summed E-state index contributed by atoms with van der Waals surface area (Å²) in [7, 11) is 0. The predicted octanol–water partition coefficient (Wildman–Crippen LogP) is 1.33. The second-order valence-corrected chi connectivity index (χ2v) is 4.21. The van der Waals surface area contributed by atoms with E-state index in [4.69, 9.17) is 9.94 Å². The van der Waals surface area contributed by atoms with Crippen LogP contribution < -0.4 is 10.2 Å². The van der Waals surface area contributed by atoms with Crippen molar-refractivity contribution in [2.75, 3.05) is 19.7 Å². The summed E-state index contributed by atoms with van der Waals surface area (Å²) in [5.41, 5.74) is 2.55. The molecule has 1 aromatic carbocycles. The first-order valence-corrected chi connectivity index (χ1v) is 6.22. The van der Waals surface area contributed by atoms with Crippen LogP contribution in [0.25, 0.3) is 0 Å². The summed E-state index contributed by atoms with van der Waals surface area (Å²) in [5, 5.41) is 8.37. The molecule has 0 spiro atoms. The number of hydrogen-bond acceptors (Lipinski definition) is 4. The molecule has 6 nitrogen and oxygen atoms in total. The quantitative estimate of drug-likeness (QED) is 0.461. The molecule has 1 heterocycles. The van der Waals surface area contributed by atoms with E-state index in [1.807, 2.05) is 10.4 Å². The van der Waals surface area contributed by atoms with Crippen LogP contribution in [0.4, 0.5) is 5.69 Å². The van der Waals surface area contributed by atoms with Crippen LogP contribution in [-0.2, 0) is 4.79 Å². The van der Waals surface area contributed by atoms with Gasteiger partial charge in [-0.25, -0.2) is 4.99 Å². The Labute approximate surface area is 111 Å². The smallest absolute Gasteiger partial charge is 0.222 e. The number of amides is 1. The highest BCUT2D eigenvalue weighted by Crippen LogP contribution is 2.17. The van der Waals surface area contributed by atoms with E-state index in [9.17, 15) is 4.79 Å². The molecule has 1 fully saturated rings. The fourth-order valence-corrected chi connectivity index (χ4v) is 1.95. The molecule has 1 aromatic rings. The molecule has 0 atom stereocenters. The van der Waals surface area contributed by atoms with E-state index >= 15 is 0 Å². The second kappa shape index (κ2) is 6.75. The Morgan fingerprint density at radius 3 is 2.84 bits per heavy atom. The molecule has 1 aliphatic rings. The van der Waals surface area contributed by atoms with E-state index in [-0.39, 0.29) is 5.91 Å². The largest absolute Gasteiger partial charge is 0.492 e. The third-order valence-corrected chi connectivity index (χ3v) is 2.91. The van der Waals surface area contributed by atoms with Gasteiger partial charge in [0.2, 0.25) is 5.91 Å². The van der Waals surface area contributed by atoms with E-state index in [2.05, 4.69) is 4.99 Å². The molecule has 102 valence electrons. The van der Waals surface area contributed by atoms with Crippen LogP contribution in [0.15, 0.2) is 29.3 Å². The number of ether oxygens (including phenoxy) is 1. The fourth-order valence-electron chi connectivity index (χ4n) is 1.95. The first-order valence-electron chi connectivity index (χ1n) is 6.22. The van der Waals surface area contributed by atoms with E-state index in [0.717, 1.165) is 18.7 Å². The molecular weight excluding hydrogens is 246 g/mol. The Balaban J connectivity index is 1.76. The normalized spacial score (nSPS) is 15.2. The number of hydrogen-bond donors (Lipinski definition) is 2. The summed E-state index contributed by atoms with van der Waals surface area (Å²) in [6, 6.07) is 7.17. The summed E-state index contributed by atoms with van der Waals surface area (Å²) in [6.07, 6.45) is 2.80. The number of nitrogens with one attached hydrogen (secondary N) is 1. The lowest BCUT2D eigenvalue weighted by molar-refractivity contribution is -0.128. The number of rotatable bonds is 6. The van der Waals surface area contributed by atoms with Crippen molar-refractivity contribution in [2.24, 2.45) is 4.99 Å². The maximum absolute atomic E-state index is 11.4. The van der Waals surface area contributed by atoms with Crippen molar-refractivity contribution in [1.82, 2.24) is 10.4 Å². The van der Waals surface area contributed by atoms with Gasteiger partial charge in [0, 0.05) is 13.0 Å². The van der Waals surface area contributed by atoms with Crippen molar-refractivity contribution in [1.29, 1.82) is 0 Å². The molecule has 0 aromatic heterocycles. The fraction of sp³-hybridized carbons (Fsp3) is 0.385. The summed E-state index contributed by atoms with van der Waals surface area (Å²) in [4.78, 5) is 17.1. The van der Waals surface area contributed by atoms with Crippen molar-refractivity contribution in [3.8, 4) is 5.75 Å². The molecule has 6 heteroatoms. The lowest BCUT2D eigenvalue weighted by atomic mass is 10.3. The average molecular weight is 263 g/mol. The van der Waals surface area contributed by atoms with Crippen LogP contribution in [0.2, 0.25) is 0 Å². The monoisotopic (exact) mass is 263 g/mol. The lowest BCUT2D eigenvalue weighted by Crippen LogP contribution is -2.29. The van der Waals surface area contributed by atoms with Crippen LogP contribution in [0.3, 0.4) is 0 Å². The zero-order valence-corrected chi connectivity index (χ0v) is 10.6. The maximum atomic E-state index is 11.4. The number of nitrogens with zero attached hydrogens (tertiary/aromatic N) is 2. The van der Waals surface area contributed by atoms with Gasteiger partial charge in [0.05, 0.1) is 12.2 Å². The Morgan fingerprint density at radius 1 is 1.42 bits per heavy atom. The van der Waals surface area contributed by atoms with Crippen LogP contribution in [0.1, 0.15) is 12.8 Å². The highest BCUT2D eigenvalue weighted by molar-refractivity contribution is 5.78. The molecule has 0 saturated carbocycles. The summed E-state index contributed by atoms with van der Waals surface area (Å²) < 4.78 is 5.56. The minimum atomic E-state index is 0.213. The third-order valence-electron chi connectivity index (χ3n) is 2.91. The molecule has 2 N–H and O–H groups in total. The molecule has 19 heavy (non-hydrogen) atoms. The van der Waals surface area contributed by atoms with Gasteiger partial charge < -0.3 is 9.64 Å². The Morgan fingerprint density at radius 2 is 2.21 bits per heavy atom. The van der Waals surface area contributed by atoms with Crippen molar-refractivity contribution < 1.29 is 14.7 Å². The number of benzene rings is 1. The average Bonchev–Trinajstić information content (AvgIpc) is 2.84. The standard InChI is InChI=1S/C13H17N3O3/c17-13-2-1-7-16(13)8-9-19-12-5-3-11(4-6-12)14-10-15-18/h3-6,10,18H,1-2,7-9H2,(H,14,15). The van der Waals surface area contributed by atoms with E-state index in [0.29, 0.717) is 25.3 Å². The van der Waals surface area contributed by atoms with Gasteiger partial charge in [0.1, 0.15) is 18.7 Å². The van der Waals surface area contributed by atoms with Gasteiger partial charge in [-0.15, -0.1) is 0 Å². The van der Waals surface area contributed by atoms with Crippen molar-refractivity contribution in [3.05, 3.63) is 24.3 Å². The van der Waals surface area contributed by atoms with Crippen LogP contribution in [0.5, 0.6) is 5.75 Å². The Hall–Kier alpha value is -2.08. The van der Waals surface area contributed by atoms with Gasteiger partial charge in [0.15, 0.2) is 0 Å². The summed E-state index contributed by atoms with van der Waals surface area (Å²) in [5.74, 6) is 0.951. The summed E-state index contributed by atoms with van der Waals surface area (Å²) in [6.45, 7) is 1.96. The van der Waals surface area contributed by atoms with Gasteiger partial charge >= 0.3 is 0 Å². The number of likely N-dealkylation sites (tertiary alicyclic amines) is 1. The Kier molecular flexibility index (Phi) is 4.74. The van der Waals surface area contributed by atoms with Gasteiger partial charge in [-0.1, -0.05) is 0 Å². The zero-order chi connectivity index (χ0) is 13.5. The minimum absolute atomic E-state index is 0.213. The minimum Gasteiger partial charge on any atom is -0.492 e. The van der Waals surface area contributed by atoms with E-state index in [1.165, 1.54) is 6.34 Å². The molecule has 1 saturated heterocycles. The van der Waals surface area contributed by atoms with Crippen molar-refractivity contribution in [2.45, 2.75) is 12.8 Å². The molecule has 0 aliphatic carbocycles. The molecule has 0 radical (unpaired) electrons. The van der Waals surface area contributed by atoms with Crippen LogP contribution in [-0.4, -0.2) is 42.0 Å². The van der Waals surface area contributed by atoms with Crippen molar-refractivity contribution in [3.63, 3.8) is 0 Å². The number of carbonyl (C=O) groups is 1. The second-order valence-electron chi connectivity index (χ2n) is 4.21.